The first-order valence-electron chi connectivity index (χ1n) is 6.25. The number of phenolic OH excluding ortho intramolecular Hbond substituents is 1. The summed E-state index contributed by atoms with van der Waals surface area (Å²) in [5.74, 6) is 0.0193. The zero-order chi connectivity index (χ0) is 13.3. The number of carbonyl (C=O) groups is 1. The van der Waals surface area contributed by atoms with Crippen molar-refractivity contribution in [3.05, 3.63) is 29.3 Å². The number of nitrogens with two attached hydrogens (primary N) is 1. The molecule has 1 unspecified atom stereocenters. The van der Waals surface area contributed by atoms with Gasteiger partial charge in [-0.25, -0.2) is 0 Å². The number of rotatable bonds is 4. The summed E-state index contributed by atoms with van der Waals surface area (Å²) < 4.78 is 0. The predicted molar refractivity (Wildman–Crippen MR) is 70.1 cm³/mol. The number of benzene rings is 1. The van der Waals surface area contributed by atoms with Gasteiger partial charge in [-0.2, -0.15) is 0 Å². The van der Waals surface area contributed by atoms with Crippen LogP contribution in [-0.4, -0.2) is 17.6 Å². The molecule has 0 heterocycles. The first-order valence-corrected chi connectivity index (χ1v) is 6.25. The highest BCUT2D eigenvalue weighted by Crippen LogP contribution is 2.33. The summed E-state index contributed by atoms with van der Waals surface area (Å²) in [6.45, 7) is 4.25. The second-order valence-corrected chi connectivity index (χ2v) is 5.60. The molecule has 18 heavy (non-hydrogen) atoms. The largest absolute Gasteiger partial charge is 0.508 e. The Kier molecular flexibility index (Phi) is 3.30. The van der Waals surface area contributed by atoms with Gasteiger partial charge in [0.15, 0.2) is 0 Å². The Labute approximate surface area is 107 Å². The van der Waals surface area contributed by atoms with Gasteiger partial charge in [-0.1, -0.05) is 6.07 Å². The van der Waals surface area contributed by atoms with E-state index in [1.807, 2.05) is 26.0 Å². The summed E-state index contributed by atoms with van der Waals surface area (Å²) in [5.41, 5.74) is 7.22. The van der Waals surface area contributed by atoms with Gasteiger partial charge in [-0.05, 0) is 49.9 Å². The molecule has 0 radical (unpaired) electrons. The zero-order valence-corrected chi connectivity index (χ0v) is 10.9. The Morgan fingerprint density at radius 2 is 2.28 bits per heavy atom. The maximum Gasteiger partial charge on any atom is 0.224 e. The van der Waals surface area contributed by atoms with E-state index in [0.29, 0.717) is 12.3 Å². The lowest BCUT2D eigenvalue weighted by molar-refractivity contribution is -0.125. The van der Waals surface area contributed by atoms with Crippen molar-refractivity contribution in [3.8, 4) is 5.75 Å². The first-order chi connectivity index (χ1) is 8.40. The van der Waals surface area contributed by atoms with Crippen LogP contribution in [0.3, 0.4) is 0 Å². The van der Waals surface area contributed by atoms with Crippen molar-refractivity contribution in [3.63, 3.8) is 0 Å². The normalized spacial score (nSPS) is 18.7. The minimum atomic E-state index is -0.542. The Bertz CT molecular complexity index is 469. The molecule has 0 aliphatic heterocycles. The molecule has 4 heteroatoms. The van der Waals surface area contributed by atoms with Crippen LogP contribution in [0.4, 0.5) is 0 Å². The zero-order valence-electron chi connectivity index (χ0n) is 10.9. The Balaban J connectivity index is 2.04. The number of carbonyl (C=O) groups excluding carboxylic acids is 1. The van der Waals surface area contributed by atoms with Crippen LogP contribution in [0.5, 0.6) is 5.75 Å². The van der Waals surface area contributed by atoms with Gasteiger partial charge in [0.2, 0.25) is 5.91 Å². The van der Waals surface area contributed by atoms with E-state index in [2.05, 4.69) is 5.32 Å². The van der Waals surface area contributed by atoms with E-state index in [9.17, 15) is 9.90 Å². The fourth-order valence-electron chi connectivity index (χ4n) is 2.28. The topological polar surface area (TPSA) is 75.3 Å². The molecule has 0 fully saturated rings. The molecule has 1 aromatic rings. The molecule has 1 aliphatic rings. The smallest absolute Gasteiger partial charge is 0.224 e. The van der Waals surface area contributed by atoms with E-state index in [1.165, 1.54) is 11.1 Å². The molecule has 4 nitrogen and oxygen atoms in total. The predicted octanol–water partition coefficient (Wildman–Crippen LogP) is 1.48. The third-order valence-corrected chi connectivity index (χ3v) is 3.66. The number of hydrogen-bond donors (Lipinski definition) is 3. The minimum absolute atomic E-state index is 0.249. The van der Waals surface area contributed by atoms with Crippen molar-refractivity contribution in [1.29, 1.82) is 0 Å². The number of phenols is 1. The van der Waals surface area contributed by atoms with Gasteiger partial charge in [-0.3, -0.25) is 4.79 Å². The fraction of sp³-hybridized carbons (Fsp3) is 0.500. The van der Waals surface area contributed by atoms with Crippen LogP contribution in [0, 0.1) is 5.41 Å². The van der Waals surface area contributed by atoms with Crippen molar-refractivity contribution in [2.24, 2.45) is 11.1 Å². The number of aromatic hydroxyl groups is 1. The van der Waals surface area contributed by atoms with Crippen molar-refractivity contribution >= 4 is 5.91 Å². The van der Waals surface area contributed by atoms with Crippen LogP contribution in [-0.2, 0) is 11.2 Å². The van der Waals surface area contributed by atoms with E-state index in [-0.39, 0.29) is 11.9 Å². The average molecular weight is 248 g/mol. The van der Waals surface area contributed by atoms with Crippen LogP contribution in [0.15, 0.2) is 18.2 Å². The number of hydrogen-bond acceptors (Lipinski definition) is 3. The fourth-order valence-corrected chi connectivity index (χ4v) is 2.28. The molecule has 0 saturated heterocycles. The SMILES string of the molecule is CC(C)(CNC1CCc2cc(O)ccc21)C(N)=O. The number of nitrogens with one attached hydrogen (secondary N) is 1. The van der Waals surface area contributed by atoms with Gasteiger partial charge in [0, 0.05) is 12.6 Å². The monoisotopic (exact) mass is 248 g/mol. The lowest BCUT2D eigenvalue weighted by Crippen LogP contribution is -2.41. The summed E-state index contributed by atoms with van der Waals surface area (Å²) >= 11 is 0. The van der Waals surface area contributed by atoms with Gasteiger partial charge in [-0.15, -0.1) is 0 Å². The van der Waals surface area contributed by atoms with Crippen LogP contribution in [0.2, 0.25) is 0 Å². The van der Waals surface area contributed by atoms with E-state index in [4.69, 9.17) is 5.73 Å². The van der Waals surface area contributed by atoms with E-state index < -0.39 is 5.41 Å². The van der Waals surface area contributed by atoms with Gasteiger partial charge in [0.25, 0.3) is 0 Å². The standard InChI is InChI=1S/C14H20N2O2/c1-14(2,13(15)18)8-16-12-6-3-9-7-10(17)4-5-11(9)12/h4-5,7,12,16-17H,3,6,8H2,1-2H3,(H2,15,18). The maximum atomic E-state index is 11.3. The summed E-state index contributed by atoms with van der Waals surface area (Å²) in [4.78, 5) is 11.3. The molecule has 1 aromatic carbocycles. The summed E-state index contributed by atoms with van der Waals surface area (Å²) in [7, 11) is 0. The van der Waals surface area contributed by atoms with Gasteiger partial charge >= 0.3 is 0 Å². The lowest BCUT2D eigenvalue weighted by atomic mass is 9.92. The van der Waals surface area contributed by atoms with Crippen molar-refractivity contribution in [1.82, 2.24) is 5.32 Å². The Morgan fingerprint density at radius 3 is 2.94 bits per heavy atom. The average Bonchev–Trinajstić information content (AvgIpc) is 2.68. The first kappa shape index (κ1) is 12.9. The minimum Gasteiger partial charge on any atom is -0.508 e. The number of fused-ring (bicyclic) bond motifs is 1. The second-order valence-electron chi connectivity index (χ2n) is 5.60. The quantitative estimate of drug-likeness (QED) is 0.755. The molecule has 1 aliphatic carbocycles. The molecule has 4 N–H and O–H groups in total. The Hall–Kier alpha value is -1.55. The molecular formula is C14H20N2O2. The number of primary amides is 1. The van der Waals surface area contributed by atoms with Crippen LogP contribution < -0.4 is 11.1 Å². The molecule has 2 rings (SSSR count). The van der Waals surface area contributed by atoms with Gasteiger partial charge in [0.1, 0.15) is 5.75 Å². The highest BCUT2D eigenvalue weighted by atomic mass is 16.3. The third-order valence-electron chi connectivity index (χ3n) is 3.66. The summed E-state index contributed by atoms with van der Waals surface area (Å²) in [5, 5.41) is 12.8. The summed E-state index contributed by atoms with van der Waals surface area (Å²) in [6.07, 6.45) is 1.95. The molecule has 0 aromatic heterocycles. The number of amides is 1. The molecule has 98 valence electrons. The van der Waals surface area contributed by atoms with Gasteiger partial charge < -0.3 is 16.2 Å². The van der Waals surface area contributed by atoms with Crippen molar-refractivity contribution in [2.75, 3.05) is 6.54 Å². The van der Waals surface area contributed by atoms with E-state index in [1.54, 1.807) is 6.07 Å². The van der Waals surface area contributed by atoms with E-state index in [0.717, 1.165) is 12.8 Å². The molecule has 1 atom stereocenters. The number of aryl methyl sites for hydroxylation is 1. The van der Waals surface area contributed by atoms with Crippen LogP contribution >= 0.6 is 0 Å². The van der Waals surface area contributed by atoms with Gasteiger partial charge in [0.05, 0.1) is 5.41 Å². The lowest BCUT2D eigenvalue weighted by Gasteiger charge is -2.24. The highest BCUT2D eigenvalue weighted by Gasteiger charge is 2.28. The Morgan fingerprint density at radius 1 is 1.56 bits per heavy atom. The van der Waals surface area contributed by atoms with Crippen LogP contribution in [0.25, 0.3) is 0 Å². The highest BCUT2D eigenvalue weighted by molar-refractivity contribution is 5.80. The van der Waals surface area contributed by atoms with E-state index >= 15 is 0 Å². The molecule has 1 amide bonds. The van der Waals surface area contributed by atoms with Crippen molar-refractivity contribution < 1.29 is 9.90 Å². The maximum absolute atomic E-state index is 11.3. The van der Waals surface area contributed by atoms with Crippen LogP contribution in [0.1, 0.15) is 37.4 Å². The summed E-state index contributed by atoms with van der Waals surface area (Å²) in [6, 6.07) is 5.72. The third kappa shape index (κ3) is 2.48. The molecular weight excluding hydrogens is 228 g/mol. The molecule has 0 bridgehead atoms. The molecule has 0 saturated carbocycles. The van der Waals surface area contributed by atoms with Crippen molar-refractivity contribution in [2.45, 2.75) is 32.7 Å². The molecule has 0 spiro atoms. The second kappa shape index (κ2) is 4.61.